The standard InChI is InChI=1S/C14H15F2NOS/c1-8-6-11(17-2)12(13(8)18)9-4-3-5-10(7-9)19-14(15)16/h3-5,7-8,14,17H,6H2,1-2H3. The van der Waals surface area contributed by atoms with Crippen molar-refractivity contribution in [3.05, 3.63) is 35.5 Å². The molecule has 1 aromatic carbocycles. The molecule has 1 aliphatic rings. The van der Waals surface area contributed by atoms with E-state index in [9.17, 15) is 13.6 Å². The van der Waals surface area contributed by atoms with Gasteiger partial charge in [0, 0.05) is 29.1 Å². The third-order valence-electron chi connectivity index (χ3n) is 3.16. The fourth-order valence-electron chi connectivity index (χ4n) is 2.27. The fraction of sp³-hybridized carbons (Fsp3) is 0.357. The molecule has 0 saturated heterocycles. The lowest BCUT2D eigenvalue weighted by Crippen LogP contribution is -2.06. The summed E-state index contributed by atoms with van der Waals surface area (Å²) in [5, 5.41) is 3.04. The molecule has 0 amide bonds. The van der Waals surface area contributed by atoms with E-state index in [0.717, 1.165) is 5.70 Å². The van der Waals surface area contributed by atoms with E-state index >= 15 is 0 Å². The highest BCUT2D eigenvalue weighted by molar-refractivity contribution is 7.99. The van der Waals surface area contributed by atoms with Gasteiger partial charge in [0.15, 0.2) is 5.78 Å². The van der Waals surface area contributed by atoms with Crippen LogP contribution in [0.2, 0.25) is 0 Å². The molecule has 1 atom stereocenters. The lowest BCUT2D eigenvalue weighted by atomic mass is 10.0. The number of Topliss-reactive ketones (excluding diaryl/α,β-unsaturated/α-hetero) is 1. The van der Waals surface area contributed by atoms with Crippen LogP contribution in [0.4, 0.5) is 8.78 Å². The van der Waals surface area contributed by atoms with Gasteiger partial charge < -0.3 is 5.32 Å². The molecule has 0 spiro atoms. The highest BCUT2D eigenvalue weighted by Crippen LogP contribution is 2.35. The Bertz CT molecular complexity index is 528. The number of alkyl halides is 2. The van der Waals surface area contributed by atoms with E-state index in [0.29, 0.717) is 34.2 Å². The summed E-state index contributed by atoms with van der Waals surface area (Å²) < 4.78 is 24.8. The summed E-state index contributed by atoms with van der Waals surface area (Å²) in [6.45, 7) is 1.88. The van der Waals surface area contributed by atoms with Crippen molar-refractivity contribution in [3.63, 3.8) is 0 Å². The lowest BCUT2D eigenvalue weighted by molar-refractivity contribution is -0.116. The smallest absolute Gasteiger partial charge is 0.288 e. The number of rotatable bonds is 4. The van der Waals surface area contributed by atoms with Gasteiger partial charge in [-0.25, -0.2) is 0 Å². The maximum absolute atomic E-state index is 12.4. The van der Waals surface area contributed by atoms with E-state index in [1.807, 2.05) is 6.92 Å². The van der Waals surface area contributed by atoms with Crippen LogP contribution in [0.1, 0.15) is 18.9 Å². The minimum absolute atomic E-state index is 0.0520. The maximum atomic E-state index is 12.4. The summed E-state index contributed by atoms with van der Waals surface area (Å²) in [6, 6.07) is 6.77. The summed E-state index contributed by atoms with van der Waals surface area (Å²) in [4.78, 5) is 12.6. The van der Waals surface area contributed by atoms with E-state index in [1.165, 1.54) is 0 Å². The second kappa shape index (κ2) is 5.74. The molecule has 1 unspecified atom stereocenters. The molecule has 1 N–H and O–H groups in total. The number of hydrogen-bond acceptors (Lipinski definition) is 3. The minimum Gasteiger partial charge on any atom is -0.391 e. The van der Waals surface area contributed by atoms with Gasteiger partial charge in [-0.1, -0.05) is 30.8 Å². The Kier molecular flexibility index (Phi) is 4.24. The molecule has 0 bridgehead atoms. The van der Waals surface area contributed by atoms with Gasteiger partial charge in [0.05, 0.1) is 0 Å². The first-order chi connectivity index (χ1) is 9.02. The van der Waals surface area contributed by atoms with E-state index < -0.39 is 5.76 Å². The number of benzene rings is 1. The predicted octanol–water partition coefficient (Wildman–Crippen LogP) is 3.54. The zero-order valence-corrected chi connectivity index (χ0v) is 11.6. The number of allylic oxidation sites excluding steroid dienone is 2. The number of carbonyl (C=O) groups excluding carboxylic acids is 1. The molecule has 0 fully saturated rings. The number of hydrogen-bond donors (Lipinski definition) is 1. The van der Waals surface area contributed by atoms with Crippen molar-refractivity contribution in [3.8, 4) is 0 Å². The first-order valence-electron chi connectivity index (χ1n) is 6.03. The Morgan fingerprint density at radius 2 is 2.16 bits per heavy atom. The zero-order chi connectivity index (χ0) is 14.0. The molecule has 5 heteroatoms. The van der Waals surface area contributed by atoms with Crippen molar-refractivity contribution in [2.45, 2.75) is 24.0 Å². The number of halogens is 2. The highest BCUT2D eigenvalue weighted by atomic mass is 32.2. The minimum atomic E-state index is -2.45. The summed E-state index contributed by atoms with van der Waals surface area (Å²) in [5.74, 6) is -2.43. The third kappa shape index (κ3) is 2.97. The summed E-state index contributed by atoms with van der Waals surface area (Å²) >= 11 is 0.495. The van der Waals surface area contributed by atoms with Crippen LogP contribution in [0.3, 0.4) is 0 Å². The van der Waals surface area contributed by atoms with Crippen LogP contribution in [-0.4, -0.2) is 18.6 Å². The Balaban J connectivity index is 2.38. The van der Waals surface area contributed by atoms with Crippen molar-refractivity contribution < 1.29 is 13.6 Å². The molecule has 0 aromatic heterocycles. The van der Waals surface area contributed by atoms with E-state index in [4.69, 9.17) is 0 Å². The Labute approximate surface area is 115 Å². The van der Waals surface area contributed by atoms with Crippen molar-refractivity contribution in [2.75, 3.05) is 7.05 Å². The molecule has 1 aliphatic carbocycles. The van der Waals surface area contributed by atoms with Gasteiger partial charge >= 0.3 is 0 Å². The SMILES string of the molecule is CNC1=C(c2cccc(SC(F)F)c2)C(=O)C(C)C1. The third-order valence-corrected chi connectivity index (χ3v) is 3.86. The predicted molar refractivity (Wildman–Crippen MR) is 73.1 cm³/mol. The topological polar surface area (TPSA) is 29.1 Å². The average Bonchev–Trinajstić information content (AvgIpc) is 2.65. The second-order valence-corrected chi connectivity index (χ2v) is 5.54. The highest BCUT2D eigenvalue weighted by Gasteiger charge is 2.30. The number of thioether (sulfide) groups is 1. The first kappa shape index (κ1) is 14.1. The molecule has 0 saturated carbocycles. The van der Waals surface area contributed by atoms with Gasteiger partial charge in [0.1, 0.15) is 0 Å². The lowest BCUT2D eigenvalue weighted by Gasteiger charge is -2.08. The molecule has 0 radical (unpaired) electrons. The van der Waals surface area contributed by atoms with Gasteiger partial charge in [-0.15, -0.1) is 0 Å². The Morgan fingerprint density at radius 3 is 2.79 bits per heavy atom. The normalized spacial score (nSPS) is 19.4. The molecule has 2 rings (SSSR count). The van der Waals surface area contributed by atoms with Crippen LogP contribution in [0.25, 0.3) is 5.57 Å². The summed E-state index contributed by atoms with van der Waals surface area (Å²) in [5.41, 5.74) is 2.23. The zero-order valence-electron chi connectivity index (χ0n) is 10.7. The summed E-state index contributed by atoms with van der Waals surface area (Å²) in [6.07, 6.45) is 0.677. The van der Waals surface area contributed by atoms with Crippen molar-refractivity contribution in [1.82, 2.24) is 5.32 Å². The Hall–Kier alpha value is -1.36. The van der Waals surface area contributed by atoms with E-state index in [2.05, 4.69) is 5.32 Å². The van der Waals surface area contributed by atoms with Crippen molar-refractivity contribution in [2.24, 2.45) is 5.92 Å². The van der Waals surface area contributed by atoms with Gasteiger partial charge in [-0.05, 0) is 24.1 Å². The van der Waals surface area contributed by atoms with Gasteiger partial charge in [0.2, 0.25) is 0 Å². The van der Waals surface area contributed by atoms with Gasteiger partial charge in [-0.2, -0.15) is 8.78 Å². The number of carbonyl (C=O) groups is 1. The molecule has 1 aromatic rings. The molecule has 0 aliphatic heterocycles. The van der Waals surface area contributed by atoms with Gasteiger partial charge in [0.25, 0.3) is 5.76 Å². The molecular weight excluding hydrogens is 268 g/mol. The van der Waals surface area contributed by atoms with E-state index in [-0.39, 0.29) is 11.7 Å². The summed E-state index contributed by atoms with van der Waals surface area (Å²) in [7, 11) is 1.78. The van der Waals surface area contributed by atoms with Crippen LogP contribution in [-0.2, 0) is 4.79 Å². The molecule has 2 nitrogen and oxygen atoms in total. The second-order valence-electron chi connectivity index (χ2n) is 4.48. The van der Waals surface area contributed by atoms with Crippen LogP contribution >= 0.6 is 11.8 Å². The van der Waals surface area contributed by atoms with Crippen molar-refractivity contribution in [1.29, 1.82) is 0 Å². The quantitative estimate of drug-likeness (QED) is 0.857. The largest absolute Gasteiger partial charge is 0.391 e. The van der Waals surface area contributed by atoms with Crippen LogP contribution in [0.5, 0.6) is 0 Å². The van der Waals surface area contributed by atoms with Crippen LogP contribution in [0.15, 0.2) is 34.9 Å². The van der Waals surface area contributed by atoms with Crippen molar-refractivity contribution >= 4 is 23.1 Å². The fourth-order valence-corrected chi connectivity index (χ4v) is 2.83. The Morgan fingerprint density at radius 1 is 1.42 bits per heavy atom. The van der Waals surface area contributed by atoms with Crippen LogP contribution in [0, 0.1) is 5.92 Å². The molecule has 19 heavy (non-hydrogen) atoms. The first-order valence-corrected chi connectivity index (χ1v) is 6.91. The molecular formula is C14H15F2NOS. The average molecular weight is 283 g/mol. The molecule has 0 heterocycles. The van der Waals surface area contributed by atoms with Gasteiger partial charge in [-0.3, -0.25) is 4.79 Å². The number of ketones is 1. The number of nitrogens with one attached hydrogen (secondary N) is 1. The monoisotopic (exact) mass is 283 g/mol. The maximum Gasteiger partial charge on any atom is 0.288 e. The molecule has 102 valence electrons. The van der Waals surface area contributed by atoms with Crippen LogP contribution < -0.4 is 5.32 Å². The van der Waals surface area contributed by atoms with E-state index in [1.54, 1.807) is 31.3 Å².